The average molecular weight is 326 g/mol. The second-order valence-corrected chi connectivity index (χ2v) is 4.79. The second kappa shape index (κ2) is 5.57. The molecular weight excluding hydrogens is 313 g/mol. The van der Waals surface area contributed by atoms with Crippen molar-refractivity contribution in [3.8, 4) is 5.69 Å². The van der Waals surface area contributed by atoms with Crippen LogP contribution in [0.2, 0.25) is 0 Å². The highest BCUT2D eigenvalue weighted by atomic mass is 79.9. The van der Waals surface area contributed by atoms with E-state index in [-0.39, 0.29) is 5.82 Å². The minimum absolute atomic E-state index is 0.306. The first-order valence-corrected chi connectivity index (χ1v) is 6.65. The lowest BCUT2D eigenvalue weighted by Gasteiger charge is -2.09. The Bertz CT molecular complexity index is 622. The Morgan fingerprint density at radius 2 is 2.11 bits per heavy atom. The predicted octanol–water partition coefficient (Wildman–Crippen LogP) is 3.86. The molecule has 1 aromatic heterocycles. The number of carbonyl (C=O) groups excluding carboxylic acids is 1. The van der Waals surface area contributed by atoms with Crippen LogP contribution in [-0.4, -0.2) is 17.1 Å². The third-order valence-corrected chi connectivity index (χ3v) is 3.37. The Morgan fingerprint density at radius 3 is 2.74 bits per heavy atom. The predicted molar refractivity (Wildman–Crippen MR) is 74.1 cm³/mol. The van der Waals surface area contributed by atoms with E-state index in [1.807, 2.05) is 0 Å². The van der Waals surface area contributed by atoms with E-state index in [9.17, 15) is 9.18 Å². The Kier molecular flexibility index (Phi) is 4.04. The number of aromatic nitrogens is 1. The van der Waals surface area contributed by atoms with E-state index in [0.717, 1.165) is 0 Å². The largest absolute Gasteiger partial charge is 0.462 e. The minimum Gasteiger partial charge on any atom is -0.462 e. The molecule has 0 spiro atoms. The summed E-state index contributed by atoms with van der Waals surface area (Å²) in [6, 6.07) is 8.04. The smallest absolute Gasteiger partial charge is 0.340 e. The minimum atomic E-state index is -0.407. The van der Waals surface area contributed by atoms with Gasteiger partial charge in [0.25, 0.3) is 0 Å². The number of halogens is 2. The summed E-state index contributed by atoms with van der Waals surface area (Å²) < 4.78 is 21.1. The van der Waals surface area contributed by atoms with E-state index >= 15 is 0 Å². The molecule has 0 aliphatic rings. The maximum Gasteiger partial charge on any atom is 0.340 e. The van der Waals surface area contributed by atoms with Crippen LogP contribution in [0, 0.1) is 12.7 Å². The van der Waals surface area contributed by atoms with Gasteiger partial charge in [0.1, 0.15) is 5.82 Å². The number of benzene rings is 1. The summed E-state index contributed by atoms with van der Waals surface area (Å²) in [7, 11) is 0. The van der Waals surface area contributed by atoms with E-state index in [1.54, 1.807) is 42.7 Å². The fraction of sp³-hybridized carbons (Fsp3) is 0.214. The number of rotatable bonds is 3. The quantitative estimate of drug-likeness (QED) is 0.802. The third-order valence-electron chi connectivity index (χ3n) is 2.79. The van der Waals surface area contributed by atoms with Crippen LogP contribution >= 0.6 is 15.9 Å². The Morgan fingerprint density at radius 1 is 1.42 bits per heavy atom. The van der Waals surface area contributed by atoms with Gasteiger partial charge in [-0.1, -0.05) is 12.1 Å². The van der Waals surface area contributed by atoms with Crippen molar-refractivity contribution in [3.05, 3.63) is 52.0 Å². The van der Waals surface area contributed by atoms with Crippen molar-refractivity contribution in [2.45, 2.75) is 13.8 Å². The Hall–Kier alpha value is -1.62. The zero-order chi connectivity index (χ0) is 14.0. The molecule has 5 heteroatoms. The third kappa shape index (κ3) is 2.56. The normalized spacial score (nSPS) is 10.5. The van der Waals surface area contributed by atoms with Crippen molar-refractivity contribution >= 4 is 21.9 Å². The van der Waals surface area contributed by atoms with Gasteiger partial charge in [0, 0.05) is 5.69 Å². The summed E-state index contributed by atoms with van der Waals surface area (Å²) in [5.74, 6) is -0.756. The number of ether oxygens (including phenoxy) is 1. The van der Waals surface area contributed by atoms with Crippen LogP contribution in [0.4, 0.5) is 4.39 Å². The van der Waals surface area contributed by atoms with E-state index in [4.69, 9.17) is 4.74 Å². The van der Waals surface area contributed by atoms with Crippen LogP contribution in [0.15, 0.2) is 34.9 Å². The molecule has 2 rings (SSSR count). The molecule has 100 valence electrons. The fourth-order valence-electron chi connectivity index (χ4n) is 1.91. The van der Waals surface area contributed by atoms with Crippen LogP contribution < -0.4 is 0 Å². The summed E-state index contributed by atoms with van der Waals surface area (Å²) in [6.07, 6.45) is 0. The molecule has 0 atom stereocenters. The van der Waals surface area contributed by atoms with E-state index < -0.39 is 5.97 Å². The summed E-state index contributed by atoms with van der Waals surface area (Å²) in [5.41, 5.74) is 1.45. The summed E-state index contributed by atoms with van der Waals surface area (Å²) in [6.45, 7) is 3.81. The molecule has 0 fully saturated rings. The Labute approximate surface area is 119 Å². The second-order valence-electron chi connectivity index (χ2n) is 3.97. The molecule has 1 aromatic carbocycles. The number of hydrogen-bond donors (Lipinski definition) is 0. The number of hydrogen-bond acceptors (Lipinski definition) is 2. The van der Waals surface area contributed by atoms with E-state index in [0.29, 0.717) is 28.2 Å². The van der Waals surface area contributed by atoms with Gasteiger partial charge in [-0.3, -0.25) is 0 Å². The van der Waals surface area contributed by atoms with Gasteiger partial charge in [-0.2, -0.15) is 0 Å². The van der Waals surface area contributed by atoms with Crippen molar-refractivity contribution in [2.24, 2.45) is 0 Å². The van der Waals surface area contributed by atoms with Crippen molar-refractivity contribution in [2.75, 3.05) is 6.61 Å². The van der Waals surface area contributed by atoms with Crippen molar-refractivity contribution in [1.29, 1.82) is 0 Å². The first-order chi connectivity index (χ1) is 9.06. The molecule has 0 radical (unpaired) electrons. The molecular formula is C14H13BrFNO2. The maximum absolute atomic E-state index is 13.8. The van der Waals surface area contributed by atoms with Gasteiger partial charge in [0.2, 0.25) is 0 Å². The lowest BCUT2D eigenvalue weighted by Crippen LogP contribution is -2.07. The summed E-state index contributed by atoms with van der Waals surface area (Å²) in [4.78, 5) is 11.8. The lowest BCUT2D eigenvalue weighted by atomic mass is 10.2. The van der Waals surface area contributed by atoms with Gasteiger partial charge in [-0.15, -0.1) is 0 Å². The van der Waals surface area contributed by atoms with Crippen molar-refractivity contribution < 1.29 is 13.9 Å². The molecule has 0 bridgehead atoms. The van der Waals surface area contributed by atoms with E-state index in [1.165, 1.54) is 6.07 Å². The zero-order valence-electron chi connectivity index (χ0n) is 10.6. The summed E-state index contributed by atoms with van der Waals surface area (Å²) in [5, 5.41) is 0. The zero-order valence-corrected chi connectivity index (χ0v) is 12.2. The topological polar surface area (TPSA) is 31.2 Å². The first kappa shape index (κ1) is 13.8. The number of para-hydroxylation sites is 1. The highest BCUT2D eigenvalue weighted by Crippen LogP contribution is 2.27. The molecule has 0 saturated carbocycles. The highest BCUT2D eigenvalue weighted by Gasteiger charge is 2.19. The average Bonchev–Trinajstić information content (AvgIpc) is 2.66. The van der Waals surface area contributed by atoms with Crippen LogP contribution in [0.3, 0.4) is 0 Å². The van der Waals surface area contributed by atoms with Crippen LogP contribution in [0.1, 0.15) is 23.0 Å². The van der Waals surface area contributed by atoms with Gasteiger partial charge in [-0.25, -0.2) is 9.18 Å². The summed E-state index contributed by atoms with van der Waals surface area (Å²) >= 11 is 3.35. The SMILES string of the molecule is CCOC(=O)c1cc(Br)n(-c2ccccc2F)c1C. The number of carbonyl (C=O) groups is 1. The van der Waals surface area contributed by atoms with Gasteiger partial charge < -0.3 is 9.30 Å². The van der Waals surface area contributed by atoms with Gasteiger partial charge >= 0.3 is 5.97 Å². The molecule has 0 unspecified atom stereocenters. The van der Waals surface area contributed by atoms with Gasteiger partial charge in [0.15, 0.2) is 0 Å². The standard InChI is InChI=1S/C14H13BrFNO2/c1-3-19-14(18)10-8-13(15)17(9(10)2)12-7-5-4-6-11(12)16/h4-8H,3H2,1-2H3. The number of esters is 1. The highest BCUT2D eigenvalue weighted by molar-refractivity contribution is 9.10. The number of nitrogens with zero attached hydrogens (tertiary/aromatic N) is 1. The molecule has 0 aliphatic carbocycles. The van der Waals surface area contributed by atoms with Gasteiger partial charge in [-0.05, 0) is 48.0 Å². The first-order valence-electron chi connectivity index (χ1n) is 5.86. The molecule has 0 amide bonds. The van der Waals surface area contributed by atoms with Crippen molar-refractivity contribution in [3.63, 3.8) is 0 Å². The van der Waals surface area contributed by atoms with Crippen molar-refractivity contribution in [1.82, 2.24) is 4.57 Å². The van der Waals surface area contributed by atoms with Crippen LogP contribution in [0.25, 0.3) is 5.69 Å². The molecule has 19 heavy (non-hydrogen) atoms. The van der Waals surface area contributed by atoms with Crippen LogP contribution in [0.5, 0.6) is 0 Å². The Balaban J connectivity index is 2.54. The molecule has 0 N–H and O–H groups in total. The maximum atomic E-state index is 13.8. The molecule has 0 saturated heterocycles. The molecule has 1 heterocycles. The molecule has 2 aromatic rings. The molecule has 0 aliphatic heterocycles. The lowest BCUT2D eigenvalue weighted by molar-refractivity contribution is 0.0525. The van der Waals surface area contributed by atoms with Crippen LogP contribution in [-0.2, 0) is 4.74 Å². The fourth-order valence-corrected chi connectivity index (χ4v) is 2.60. The van der Waals surface area contributed by atoms with Gasteiger partial charge in [0.05, 0.1) is 22.5 Å². The molecule has 3 nitrogen and oxygen atoms in total. The van der Waals surface area contributed by atoms with E-state index in [2.05, 4.69) is 15.9 Å². The monoisotopic (exact) mass is 325 g/mol.